The molecular weight excluding hydrogens is 366 g/mol. The van der Waals surface area contributed by atoms with Crippen molar-refractivity contribution in [2.75, 3.05) is 11.9 Å². The van der Waals surface area contributed by atoms with Gasteiger partial charge in [0.15, 0.2) is 0 Å². The van der Waals surface area contributed by atoms with Crippen molar-refractivity contribution >= 4 is 17.5 Å². The number of pyridine rings is 1. The molecule has 3 aromatic rings. The van der Waals surface area contributed by atoms with E-state index in [9.17, 15) is 9.59 Å². The lowest BCUT2D eigenvalue weighted by molar-refractivity contribution is -0.130. The molecule has 0 radical (unpaired) electrons. The number of ether oxygens (including phenoxy) is 1. The second-order valence-electron chi connectivity index (χ2n) is 6.50. The van der Waals surface area contributed by atoms with E-state index in [0.29, 0.717) is 24.5 Å². The van der Waals surface area contributed by atoms with E-state index >= 15 is 0 Å². The van der Waals surface area contributed by atoms with Crippen LogP contribution in [0.1, 0.15) is 19.0 Å². The van der Waals surface area contributed by atoms with Gasteiger partial charge in [0, 0.05) is 31.8 Å². The first kappa shape index (κ1) is 20.1. The Bertz CT molecular complexity index is 929. The summed E-state index contributed by atoms with van der Waals surface area (Å²) in [4.78, 5) is 30.0. The van der Waals surface area contributed by atoms with Crippen molar-refractivity contribution in [3.8, 4) is 11.5 Å². The van der Waals surface area contributed by atoms with E-state index in [1.54, 1.807) is 35.4 Å². The summed E-state index contributed by atoms with van der Waals surface area (Å²) in [5.74, 6) is 1.19. The second-order valence-corrected chi connectivity index (χ2v) is 6.50. The maximum atomic E-state index is 12.3. The number of anilines is 1. The van der Waals surface area contributed by atoms with Gasteiger partial charge in [-0.2, -0.15) is 0 Å². The second kappa shape index (κ2) is 10.0. The van der Waals surface area contributed by atoms with E-state index < -0.39 is 0 Å². The summed E-state index contributed by atoms with van der Waals surface area (Å²) in [6.07, 6.45) is 1.89. The van der Waals surface area contributed by atoms with E-state index in [1.165, 1.54) is 6.92 Å². The molecule has 0 bridgehead atoms. The van der Waals surface area contributed by atoms with Crippen LogP contribution in [0.3, 0.4) is 0 Å². The van der Waals surface area contributed by atoms with Crippen LogP contribution in [-0.2, 0) is 16.1 Å². The minimum absolute atomic E-state index is 0.0918. The molecule has 0 spiro atoms. The molecule has 3 rings (SSSR count). The van der Waals surface area contributed by atoms with Gasteiger partial charge in [0.05, 0.1) is 12.2 Å². The summed E-state index contributed by atoms with van der Waals surface area (Å²) in [5, 5.41) is 2.84. The third kappa shape index (κ3) is 6.46. The van der Waals surface area contributed by atoms with Crippen molar-refractivity contribution in [1.82, 2.24) is 9.88 Å². The first-order valence-electron chi connectivity index (χ1n) is 9.38. The molecule has 148 valence electrons. The highest BCUT2D eigenvalue weighted by atomic mass is 16.5. The van der Waals surface area contributed by atoms with Crippen LogP contribution in [0.25, 0.3) is 0 Å². The smallest absolute Gasteiger partial charge is 0.226 e. The minimum Gasteiger partial charge on any atom is -0.457 e. The number of carbonyl (C=O) groups excluding carboxylic acids is 2. The SMILES string of the molecule is CC(=O)N(CCC(=O)Nc1ccc(Oc2ccccc2)cc1)Cc1ccccn1. The fourth-order valence-corrected chi connectivity index (χ4v) is 2.73. The van der Waals surface area contributed by atoms with Crippen LogP contribution >= 0.6 is 0 Å². The molecule has 0 fully saturated rings. The Labute approximate surface area is 170 Å². The Morgan fingerprint density at radius 2 is 1.62 bits per heavy atom. The van der Waals surface area contributed by atoms with Gasteiger partial charge in [-0.15, -0.1) is 0 Å². The fraction of sp³-hybridized carbons (Fsp3) is 0.174. The van der Waals surface area contributed by atoms with Crippen LogP contribution in [0.15, 0.2) is 79.0 Å². The highest BCUT2D eigenvalue weighted by Crippen LogP contribution is 2.22. The quantitative estimate of drug-likeness (QED) is 0.625. The standard InChI is InChI=1S/C23H23N3O3/c1-18(27)26(17-20-7-5-6-15-24-20)16-14-23(28)25-19-10-12-22(13-11-19)29-21-8-3-2-4-9-21/h2-13,15H,14,16-17H2,1H3,(H,25,28). The highest BCUT2D eigenvalue weighted by molar-refractivity contribution is 5.91. The van der Waals surface area contributed by atoms with Gasteiger partial charge in [0.2, 0.25) is 11.8 Å². The molecule has 1 heterocycles. The Hall–Kier alpha value is -3.67. The van der Waals surface area contributed by atoms with Gasteiger partial charge in [-0.25, -0.2) is 0 Å². The number of amides is 2. The van der Waals surface area contributed by atoms with Crippen LogP contribution in [-0.4, -0.2) is 28.2 Å². The van der Waals surface area contributed by atoms with Gasteiger partial charge < -0.3 is 15.0 Å². The molecule has 0 aliphatic rings. The lowest BCUT2D eigenvalue weighted by Gasteiger charge is -2.20. The lowest BCUT2D eigenvalue weighted by atomic mass is 10.2. The zero-order valence-electron chi connectivity index (χ0n) is 16.2. The lowest BCUT2D eigenvalue weighted by Crippen LogP contribution is -2.31. The number of carbonyl (C=O) groups is 2. The predicted molar refractivity (Wildman–Crippen MR) is 112 cm³/mol. The molecule has 0 saturated heterocycles. The summed E-state index contributed by atoms with van der Waals surface area (Å²) in [6, 6.07) is 22.2. The molecule has 29 heavy (non-hydrogen) atoms. The van der Waals surface area contributed by atoms with Crippen molar-refractivity contribution in [1.29, 1.82) is 0 Å². The number of para-hydroxylation sites is 1. The molecule has 2 amide bonds. The van der Waals surface area contributed by atoms with Crippen LogP contribution in [0.2, 0.25) is 0 Å². The number of benzene rings is 2. The summed E-state index contributed by atoms with van der Waals surface area (Å²) in [7, 11) is 0. The monoisotopic (exact) mass is 389 g/mol. The molecule has 0 atom stereocenters. The number of rotatable bonds is 8. The van der Waals surface area contributed by atoms with E-state index in [4.69, 9.17) is 4.74 Å². The van der Waals surface area contributed by atoms with Crippen LogP contribution in [0.5, 0.6) is 11.5 Å². The number of nitrogens with zero attached hydrogens (tertiary/aromatic N) is 2. The third-order valence-electron chi connectivity index (χ3n) is 4.25. The van der Waals surface area contributed by atoms with Crippen molar-refractivity contribution in [2.24, 2.45) is 0 Å². The maximum Gasteiger partial charge on any atom is 0.226 e. The van der Waals surface area contributed by atoms with E-state index in [2.05, 4.69) is 10.3 Å². The summed E-state index contributed by atoms with van der Waals surface area (Å²) >= 11 is 0. The first-order chi connectivity index (χ1) is 14.1. The molecule has 6 heteroatoms. The molecule has 1 N–H and O–H groups in total. The number of hydrogen-bond acceptors (Lipinski definition) is 4. The third-order valence-corrected chi connectivity index (χ3v) is 4.25. The van der Waals surface area contributed by atoms with Gasteiger partial charge in [-0.3, -0.25) is 14.6 Å². The van der Waals surface area contributed by atoms with Gasteiger partial charge in [-0.1, -0.05) is 24.3 Å². The molecule has 0 aliphatic heterocycles. The van der Waals surface area contributed by atoms with Gasteiger partial charge in [0.1, 0.15) is 11.5 Å². The highest BCUT2D eigenvalue weighted by Gasteiger charge is 2.12. The van der Waals surface area contributed by atoms with Gasteiger partial charge in [-0.05, 0) is 48.5 Å². The number of hydrogen-bond donors (Lipinski definition) is 1. The Kier molecular flexibility index (Phi) is 6.95. The van der Waals surface area contributed by atoms with E-state index in [-0.39, 0.29) is 18.2 Å². The number of aromatic nitrogens is 1. The van der Waals surface area contributed by atoms with Crippen molar-refractivity contribution in [3.63, 3.8) is 0 Å². The molecule has 6 nitrogen and oxygen atoms in total. The topological polar surface area (TPSA) is 71.5 Å². The van der Waals surface area contributed by atoms with Crippen molar-refractivity contribution in [3.05, 3.63) is 84.7 Å². The molecular formula is C23H23N3O3. The van der Waals surface area contributed by atoms with Gasteiger partial charge >= 0.3 is 0 Å². The number of nitrogens with one attached hydrogen (secondary N) is 1. The maximum absolute atomic E-state index is 12.3. The zero-order valence-corrected chi connectivity index (χ0v) is 16.2. The van der Waals surface area contributed by atoms with Crippen LogP contribution < -0.4 is 10.1 Å². The predicted octanol–water partition coefficient (Wildman–Crippen LogP) is 4.25. The Balaban J connectivity index is 1.49. The molecule has 0 saturated carbocycles. The summed E-state index contributed by atoms with van der Waals surface area (Å²) in [6.45, 7) is 2.20. The van der Waals surface area contributed by atoms with E-state index in [1.807, 2.05) is 48.5 Å². The average molecular weight is 389 g/mol. The normalized spacial score (nSPS) is 10.2. The van der Waals surface area contributed by atoms with E-state index in [0.717, 1.165) is 11.4 Å². The Morgan fingerprint density at radius 3 is 2.28 bits per heavy atom. The zero-order chi connectivity index (χ0) is 20.5. The minimum atomic E-state index is -0.158. The fourth-order valence-electron chi connectivity index (χ4n) is 2.73. The van der Waals surface area contributed by atoms with Crippen LogP contribution in [0.4, 0.5) is 5.69 Å². The molecule has 1 aromatic heterocycles. The first-order valence-corrected chi connectivity index (χ1v) is 9.38. The largest absolute Gasteiger partial charge is 0.457 e. The van der Waals surface area contributed by atoms with Crippen LogP contribution in [0, 0.1) is 0 Å². The van der Waals surface area contributed by atoms with Crippen molar-refractivity contribution in [2.45, 2.75) is 19.9 Å². The van der Waals surface area contributed by atoms with Gasteiger partial charge in [0.25, 0.3) is 0 Å². The Morgan fingerprint density at radius 1 is 0.931 bits per heavy atom. The average Bonchev–Trinajstić information content (AvgIpc) is 2.74. The molecule has 0 unspecified atom stereocenters. The molecule has 0 aliphatic carbocycles. The summed E-state index contributed by atoms with van der Waals surface area (Å²) < 4.78 is 5.74. The van der Waals surface area contributed by atoms with Crippen molar-refractivity contribution < 1.29 is 14.3 Å². The molecule has 2 aromatic carbocycles. The summed E-state index contributed by atoms with van der Waals surface area (Å²) in [5.41, 5.74) is 1.46.